The third kappa shape index (κ3) is 5.44. The van der Waals surface area contributed by atoms with Crippen LogP contribution in [0.1, 0.15) is 44.6 Å². The lowest BCUT2D eigenvalue weighted by atomic mass is 9.82. The van der Waals surface area contributed by atoms with Crippen LogP contribution in [0.5, 0.6) is 5.75 Å². The maximum absolute atomic E-state index is 14.4. The SMILES string of the molecule is COc1ccc([Si](C)(C)[C@@H]2[C@@H](CC(=O)N3CCC[C@H]3CO)O[C@]3(C(=O)N(C)c4ccc(NC(=O)C5CCCNC5)cc43)[C@H]2C)cc1. The van der Waals surface area contributed by atoms with Crippen LogP contribution in [0.25, 0.3) is 0 Å². The number of nitrogens with one attached hydrogen (secondary N) is 2. The van der Waals surface area contributed by atoms with Gasteiger partial charge < -0.3 is 35.0 Å². The number of aliphatic hydroxyl groups excluding tert-OH is 1. The molecule has 4 aliphatic rings. The minimum Gasteiger partial charge on any atom is -0.497 e. The molecule has 4 aliphatic heterocycles. The molecule has 6 atom stereocenters. The van der Waals surface area contributed by atoms with Gasteiger partial charge in [0, 0.05) is 37.3 Å². The summed E-state index contributed by atoms with van der Waals surface area (Å²) < 4.78 is 12.5. The number of hydrogen-bond acceptors (Lipinski definition) is 7. The lowest BCUT2D eigenvalue weighted by Crippen LogP contribution is -2.52. The fourth-order valence-electron chi connectivity index (χ4n) is 8.66. The number of methoxy groups -OCH3 is 1. The van der Waals surface area contributed by atoms with Gasteiger partial charge in [-0.3, -0.25) is 14.4 Å². The minimum atomic E-state index is -2.42. The van der Waals surface area contributed by atoms with Crippen molar-refractivity contribution in [2.24, 2.45) is 11.8 Å². The van der Waals surface area contributed by atoms with Crippen molar-refractivity contribution >= 4 is 42.4 Å². The molecule has 0 radical (unpaired) electrons. The summed E-state index contributed by atoms with van der Waals surface area (Å²) in [5, 5.41) is 17.6. The van der Waals surface area contributed by atoms with Gasteiger partial charge in [0.1, 0.15) is 5.75 Å². The first kappa shape index (κ1) is 32.7. The Hall–Kier alpha value is -3.25. The summed E-state index contributed by atoms with van der Waals surface area (Å²) in [7, 11) is 1.00. The number of hydrogen-bond donors (Lipinski definition) is 3. The Morgan fingerprint density at radius 3 is 2.59 bits per heavy atom. The van der Waals surface area contributed by atoms with Crippen LogP contribution >= 0.6 is 0 Å². The average Bonchev–Trinajstić information content (AvgIpc) is 3.72. The van der Waals surface area contributed by atoms with Gasteiger partial charge in [0.05, 0.1) is 52.0 Å². The molecule has 4 heterocycles. The van der Waals surface area contributed by atoms with Crippen LogP contribution in [0.3, 0.4) is 0 Å². The second-order valence-corrected chi connectivity index (χ2v) is 18.7. The van der Waals surface area contributed by atoms with E-state index >= 15 is 0 Å². The predicted octanol–water partition coefficient (Wildman–Crippen LogP) is 3.20. The number of likely N-dealkylation sites (tertiary alicyclic amines) is 1. The highest BCUT2D eigenvalue weighted by atomic mass is 28.3. The van der Waals surface area contributed by atoms with Crippen LogP contribution in [-0.4, -0.2) is 88.3 Å². The van der Waals surface area contributed by atoms with E-state index < -0.39 is 19.8 Å². The summed E-state index contributed by atoms with van der Waals surface area (Å²) in [5.74, 6) is 0.187. The first-order chi connectivity index (χ1) is 22.0. The molecule has 1 unspecified atom stereocenters. The van der Waals surface area contributed by atoms with Crippen LogP contribution < -0.4 is 25.5 Å². The minimum absolute atomic E-state index is 0.0299. The fourth-order valence-corrected chi connectivity index (χ4v) is 12.7. The van der Waals surface area contributed by atoms with Gasteiger partial charge in [-0.25, -0.2) is 0 Å². The number of likely N-dealkylation sites (N-methyl/N-ethyl adjacent to an activating group) is 1. The van der Waals surface area contributed by atoms with E-state index in [-0.39, 0.29) is 54.2 Å². The van der Waals surface area contributed by atoms with Gasteiger partial charge in [0.15, 0.2) is 5.60 Å². The largest absolute Gasteiger partial charge is 0.497 e. The van der Waals surface area contributed by atoms with Crippen molar-refractivity contribution in [1.82, 2.24) is 10.2 Å². The first-order valence-corrected chi connectivity index (χ1v) is 19.8. The molecule has 10 nitrogen and oxygen atoms in total. The van der Waals surface area contributed by atoms with E-state index in [1.807, 2.05) is 30.3 Å². The number of aliphatic hydroxyl groups is 1. The average molecular weight is 649 g/mol. The maximum atomic E-state index is 14.4. The second-order valence-electron chi connectivity index (χ2n) is 14.1. The number of fused-ring (bicyclic) bond motifs is 2. The summed E-state index contributed by atoms with van der Waals surface area (Å²) >= 11 is 0. The number of rotatable bonds is 8. The molecule has 0 bridgehead atoms. The predicted molar refractivity (Wildman–Crippen MR) is 180 cm³/mol. The van der Waals surface area contributed by atoms with Gasteiger partial charge in [-0.05, 0) is 68.1 Å². The number of nitrogens with zero attached hydrogens (tertiary/aromatic N) is 2. The number of amides is 3. The molecule has 0 aliphatic carbocycles. The van der Waals surface area contributed by atoms with Gasteiger partial charge in [-0.2, -0.15) is 0 Å². The normalized spacial score (nSPS) is 29.3. The standard InChI is InChI=1S/C35H48N4O6Si/c1-22-32(46(4,5)27-13-11-26(44-3)12-14-27)30(19-31(41)39-17-7-9-25(39)21-40)45-35(22)28-18-24(10-15-29(28)38(2)34(35)43)37-33(42)23-8-6-16-36-20-23/h10-15,18,22-23,25,30,32,36,40H,6-9,16-17,19-21H2,1-5H3,(H,37,42)/t22-,23?,25-,30+,32-,35+/m0/s1. The van der Waals surface area contributed by atoms with Crippen LogP contribution in [-0.2, 0) is 24.7 Å². The monoisotopic (exact) mass is 648 g/mol. The highest BCUT2D eigenvalue weighted by Gasteiger charge is 2.66. The number of anilines is 2. The van der Waals surface area contributed by atoms with E-state index in [2.05, 4.69) is 42.8 Å². The van der Waals surface area contributed by atoms with Gasteiger partial charge in [-0.15, -0.1) is 0 Å². The lowest BCUT2D eigenvalue weighted by molar-refractivity contribution is -0.149. The van der Waals surface area contributed by atoms with E-state index in [0.717, 1.165) is 49.2 Å². The molecule has 6 rings (SSSR count). The van der Waals surface area contributed by atoms with E-state index in [4.69, 9.17) is 9.47 Å². The summed E-state index contributed by atoms with van der Waals surface area (Å²) in [5.41, 5.74) is 0.739. The van der Waals surface area contributed by atoms with Crippen molar-refractivity contribution in [3.05, 3.63) is 48.0 Å². The molecule has 3 N–H and O–H groups in total. The van der Waals surface area contributed by atoms with Gasteiger partial charge in [-0.1, -0.05) is 37.3 Å². The van der Waals surface area contributed by atoms with E-state index in [1.54, 1.807) is 24.0 Å². The number of piperidine rings is 1. The molecule has 0 aromatic heterocycles. The molecule has 3 saturated heterocycles. The third-order valence-corrected chi connectivity index (χ3v) is 15.5. The Bertz CT molecular complexity index is 1480. The zero-order valence-electron chi connectivity index (χ0n) is 27.7. The molecule has 3 fully saturated rings. The molecule has 2 aromatic rings. The van der Waals surface area contributed by atoms with Crippen molar-refractivity contribution in [1.29, 1.82) is 0 Å². The lowest BCUT2D eigenvalue weighted by Gasteiger charge is -2.37. The summed E-state index contributed by atoms with van der Waals surface area (Å²) in [6, 6.07) is 13.6. The van der Waals surface area contributed by atoms with Crippen LogP contribution in [0.2, 0.25) is 18.6 Å². The molecular formula is C35H48N4O6Si. The smallest absolute Gasteiger partial charge is 0.264 e. The fraction of sp³-hybridized carbons (Fsp3) is 0.571. The van der Waals surface area contributed by atoms with Crippen LogP contribution in [0, 0.1) is 11.8 Å². The Morgan fingerprint density at radius 2 is 1.91 bits per heavy atom. The first-order valence-electron chi connectivity index (χ1n) is 16.7. The zero-order chi connectivity index (χ0) is 32.8. The van der Waals surface area contributed by atoms with E-state index in [0.29, 0.717) is 18.8 Å². The molecule has 0 saturated carbocycles. The van der Waals surface area contributed by atoms with Crippen LogP contribution in [0.4, 0.5) is 11.4 Å². The maximum Gasteiger partial charge on any atom is 0.264 e. The molecular weight excluding hydrogens is 600 g/mol. The quantitative estimate of drug-likeness (QED) is 0.376. The Balaban J connectivity index is 1.39. The number of ether oxygens (including phenoxy) is 2. The Labute approximate surface area is 272 Å². The molecule has 2 aromatic carbocycles. The summed E-state index contributed by atoms with van der Waals surface area (Å²) in [4.78, 5) is 44.9. The van der Waals surface area contributed by atoms with Crippen molar-refractivity contribution in [2.75, 3.05) is 50.6 Å². The van der Waals surface area contributed by atoms with Crippen molar-refractivity contribution < 1.29 is 29.0 Å². The van der Waals surface area contributed by atoms with Gasteiger partial charge in [0.25, 0.3) is 5.91 Å². The third-order valence-electron chi connectivity index (χ3n) is 11.2. The highest BCUT2D eigenvalue weighted by Crippen LogP contribution is 2.60. The highest BCUT2D eigenvalue weighted by molar-refractivity contribution is 6.91. The molecule has 248 valence electrons. The van der Waals surface area contributed by atoms with Crippen LogP contribution in [0.15, 0.2) is 42.5 Å². The van der Waals surface area contributed by atoms with E-state index in [9.17, 15) is 19.5 Å². The number of carbonyl (C=O) groups excluding carboxylic acids is 3. The topological polar surface area (TPSA) is 120 Å². The van der Waals surface area contributed by atoms with Gasteiger partial charge >= 0.3 is 0 Å². The summed E-state index contributed by atoms with van der Waals surface area (Å²) in [6.45, 7) is 8.81. The molecule has 46 heavy (non-hydrogen) atoms. The van der Waals surface area contributed by atoms with Crippen molar-refractivity contribution in [3.63, 3.8) is 0 Å². The Morgan fingerprint density at radius 1 is 1.15 bits per heavy atom. The Kier molecular flexibility index (Phi) is 9.05. The van der Waals surface area contributed by atoms with Gasteiger partial charge in [0.2, 0.25) is 11.8 Å². The van der Waals surface area contributed by atoms with Crippen molar-refractivity contribution in [2.45, 2.75) is 75.4 Å². The molecule has 1 spiro atoms. The molecule has 3 amide bonds. The molecule has 11 heteroatoms. The van der Waals surface area contributed by atoms with Crippen molar-refractivity contribution in [3.8, 4) is 5.75 Å². The second kappa shape index (κ2) is 12.7. The van der Waals surface area contributed by atoms with E-state index in [1.165, 1.54) is 5.19 Å². The number of carbonyl (C=O) groups is 3. The summed E-state index contributed by atoms with van der Waals surface area (Å²) in [6.07, 6.45) is 3.07. The zero-order valence-corrected chi connectivity index (χ0v) is 28.7. The number of benzene rings is 2.